The van der Waals surface area contributed by atoms with Crippen molar-refractivity contribution in [2.75, 3.05) is 32.2 Å². The monoisotopic (exact) mass is 392 g/mol. The summed E-state index contributed by atoms with van der Waals surface area (Å²) >= 11 is 11.4. The van der Waals surface area contributed by atoms with Crippen LogP contribution in [0.1, 0.15) is 18.4 Å². The van der Waals surface area contributed by atoms with E-state index in [9.17, 15) is 0 Å². The van der Waals surface area contributed by atoms with Crippen LogP contribution in [0, 0.1) is 0 Å². The van der Waals surface area contributed by atoms with E-state index in [4.69, 9.17) is 33.3 Å². The van der Waals surface area contributed by atoms with E-state index >= 15 is 0 Å². The number of anilines is 1. The molecule has 6 nitrogen and oxygen atoms in total. The molecule has 26 heavy (non-hydrogen) atoms. The van der Waals surface area contributed by atoms with Crippen molar-refractivity contribution in [3.63, 3.8) is 0 Å². The molecule has 2 aromatic rings. The van der Waals surface area contributed by atoms with Crippen LogP contribution in [-0.2, 0) is 10.2 Å². The minimum atomic E-state index is -0.0157. The molecule has 0 amide bonds. The molecule has 1 aromatic heterocycles. The first kappa shape index (κ1) is 18.8. The number of nitrogens with one attached hydrogen (secondary N) is 2. The second-order valence-electron chi connectivity index (χ2n) is 6.12. The maximum atomic E-state index is 5.96. The number of ether oxygens (including phenoxy) is 2. The number of aromatic nitrogens is 2. The van der Waals surface area contributed by atoms with Crippen molar-refractivity contribution in [3.05, 3.63) is 47.1 Å². The topological polar surface area (TPSA) is 68.3 Å². The van der Waals surface area contributed by atoms with Gasteiger partial charge in [0.05, 0.1) is 7.11 Å². The van der Waals surface area contributed by atoms with E-state index in [1.54, 1.807) is 0 Å². The Morgan fingerprint density at radius 1 is 1.27 bits per heavy atom. The molecule has 0 spiro atoms. The highest BCUT2D eigenvalue weighted by atomic mass is 35.5. The van der Waals surface area contributed by atoms with E-state index in [0.717, 1.165) is 26.1 Å². The van der Waals surface area contributed by atoms with Gasteiger partial charge in [0.25, 0.3) is 0 Å². The van der Waals surface area contributed by atoms with Crippen LogP contribution in [0.15, 0.2) is 36.4 Å². The molecule has 0 radical (unpaired) electrons. The number of benzene rings is 1. The van der Waals surface area contributed by atoms with Gasteiger partial charge in [0.1, 0.15) is 5.15 Å². The molecule has 0 aliphatic carbocycles. The summed E-state index contributed by atoms with van der Waals surface area (Å²) < 4.78 is 10.7. The van der Waals surface area contributed by atoms with Gasteiger partial charge < -0.3 is 20.1 Å². The third-order valence-electron chi connectivity index (χ3n) is 4.53. The number of methoxy groups -OCH3 is 1. The van der Waals surface area contributed by atoms with E-state index in [1.807, 2.05) is 6.07 Å². The summed E-state index contributed by atoms with van der Waals surface area (Å²) in [5.41, 5.74) is 1.28. The average Bonchev–Trinajstić information content (AvgIpc) is 2.67. The lowest BCUT2D eigenvalue weighted by molar-refractivity contribution is 0.0515. The molecule has 3 rings (SSSR count). The van der Waals surface area contributed by atoms with Gasteiger partial charge in [-0.15, -0.1) is 0 Å². The Bertz CT molecular complexity index is 754. The zero-order chi connectivity index (χ0) is 18.4. The highest BCUT2D eigenvalue weighted by molar-refractivity contribution is 7.80. The van der Waals surface area contributed by atoms with Crippen molar-refractivity contribution in [3.8, 4) is 5.88 Å². The Morgan fingerprint density at radius 3 is 2.69 bits per heavy atom. The zero-order valence-corrected chi connectivity index (χ0v) is 16.1. The highest BCUT2D eigenvalue weighted by Gasteiger charge is 2.34. The van der Waals surface area contributed by atoms with Gasteiger partial charge in [-0.1, -0.05) is 41.9 Å². The first-order valence-corrected chi connectivity index (χ1v) is 9.17. The minimum Gasteiger partial charge on any atom is -0.481 e. The fourth-order valence-electron chi connectivity index (χ4n) is 3.07. The first-order valence-electron chi connectivity index (χ1n) is 8.38. The Morgan fingerprint density at radius 2 is 2.00 bits per heavy atom. The van der Waals surface area contributed by atoms with Gasteiger partial charge in [-0.25, -0.2) is 4.98 Å². The molecule has 1 aromatic carbocycles. The molecular formula is C18H21ClN4O2S. The van der Waals surface area contributed by atoms with Gasteiger partial charge >= 0.3 is 0 Å². The Hall–Kier alpha value is -1.96. The van der Waals surface area contributed by atoms with Crippen LogP contribution in [0.4, 0.5) is 5.95 Å². The molecule has 0 bridgehead atoms. The summed E-state index contributed by atoms with van der Waals surface area (Å²) in [6.45, 7) is 2.18. The molecule has 1 aliphatic heterocycles. The number of hydrogen-bond acceptors (Lipinski definition) is 5. The van der Waals surface area contributed by atoms with E-state index in [2.05, 4.69) is 44.9 Å². The molecule has 1 fully saturated rings. The maximum Gasteiger partial charge on any atom is 0.233 e. The van der Waals surface area contributed by atoms with Gasteiger partial charge in [0.2, 0.25) is 11.8 Å². The van der Waals surface area contributed by atoms with Gasteiger partial charge in [-0.3, -0.25) is 0 Å². The van der Waals surface area contributed by atoms with Crippen LogP contribution in [0.5, 0.6) is 5.88 Å². The average molecular weight is 393 g/mol. The highest BCUT2D eigenvalue weighted by Crippen LogP contribution is 2.34. The molecule has 0 unspecified atom stereocenters. The Kier molecular flexibility index (Phi) is 6.24. The lowest BCUT2D eigenvalue weighted by Gasteiger charge is -2.38. The van der Waals surface area contributed by atoms with Crippen LogP contribution < -0.4 is 15.4 Å². The molecule has 2 N–H and O–H groups in total. The lowest BCUT2D eigenvalue weighted by atomic mass is 9.74. The molecule has 1 saturated heterocycles. The Labute approximate surface area is 163 Å². The summed E-state index contributed by atoms with van der Waals surface area (Å²) in [6, 6.07) is 12.0. The molecule has 2 heterocycles. The second-order valence-corrected chi connectivity index (χ2v) is 6.92. The van der Waals surface area contributed by atoms with Gasteiger partial charge in [-0.2, -0.15) is 4.98 Å². The smallest absolute Gasteiger partial charge is 0.233 e. The van der Waals surface area contributed by atoms with Crippen molar-refractivity contribution in [2.24, 2.45) is 0 Å². The molecule has 8 heteroatoms. The van der Waals surface area contributed by atoms with Crippen LogP contribution >= 0.6 is 23.8 Å². The number of rotatable bonds is 5. The normalized spacial score (nSPS) is 15.9. The van der Waals surface area contributed by atoms with Crippen LogP contribution in [-0.4, -0.2) is 41.9 Å². The quantitative estimate of drug-likeness (QED) is 0.598. The first-order chi connectivity index (χ1) is 12.6. The van der Waals surface area contributed by atoms with E-state index in [-0.39, 0.29) is 10.6 Å². The molecule has 0 saturated carbocycles. The SMILES string of the molecule is COc1cc(Cl)nc(NC(=S)NCC2(c3ccccc3)CCOCC2)n1. The minimum absolute atomic E-state index is 0.0157. The predicted molar refractivity (Wildman–Crippen MR) is 106 cm³/mol. The zero-order valence-electron chi connectivity index (χ0n) is 14.5. The number of thiocarbonyl (C=S) groups is 1. The third-order valence-corrected chi connectivity index (χ3v) is 4.97. The largest absolute Gasteiger partial charge is 0.481 e. The maximum absolute atomic E-state index is 5.96. The van der Waals surface area contributed by atoms with E-state index < -0.39 is 0 Å². The summed E-state index contributed by atoms with van der Waals surface area (Å²) in [4.78, 5) is 8.29. The second kappa shape index (κ2) is 8.62. The van der Waals surface area contributed by atoms with Crippen LogP contribution in [0.2, 0.25) is 5.15 Å². The molecular weight excluding hydrogens is 372 g/mol. The Balaban J connectivity index is 1.67. The summed E-state index contributed by atoms with van der Waals surface area (Å²) in [7, 11) is 1.52. The molecule has 1 aliphatic rings. The number of nitrogens with zero attached hydrogens (tertiary/aromatic N) is 2. The molecule has 138 valence electrons. The summed E-state index contributed by atoms with van der Waals surface area (Å²) in [5.74, 6) is 0.674. The van der Waals surface area contributed by atoms with Crippen molar-refractivity contribution in [1.82, 2.24) is 15.3 Å². The lowest BCUT2D eigenvalue weighted by Crippen LogP contribution is -2.45. The van der Waals surface area contributed by atoms with Crippen molar-refractivity contribution in [1.29, 1.82) is 0 Å². The van der Waals surface area contributed by atoms with Crippen molar-refractivity contribution >= 4 is 34.9 Å². The van der Waals surface area contributed by atoms with Gasteiger partial charge in [0.15, 0.2) is 5.11 Å². The van der Waals surface area contributed by atoms with Gasteiger partial charge in [-0.05, 0) is 30.6 Å². The predicted octanol–water partition coefficient (Wildman–Crippen LogP) is 3.17. The third kappa shape index (κ3) is 4.60. The van der Waals surface area contributed by atoms with Crippen LogP contribution in [0.25, 0.3) is 0 Å². The summed E-state index contributed by atoms with van der Waals surface area (Å²) in [6.07, 6.45) is 1.88. The standard InChI is InChI=1S/C18H21ClN4O2S/c1-24-15-11-14(19)21-16(22-15)23-17(26)20-12-18(7-9-25-10-8-18)13-5-3-2-4-6-13/h2-6,11H,7-10,12H2,1H3,(H2,20,21,22,23,26). The van der Waals surface area contributed by atoms with Crippen LogP contribution in [0.3, 0.4) is 0 Å². The van der Waals surface area contributed by atoms with E-state index in [1.165, 1.54) is 18.7 Å². The molecule has 0 atom stereocenters. The van der Waals surface area contributed by atoms with Gasteiger partial charge in [0, 0.05) is 31.2 Å². The fourth-order valence-corrected chi connectivity index (χ4v) is 3.41. The van der Waals surface area contributed by atoms with Crippen molar-refractivity contribution < 1.29 is 9.47 Å². The number of halogens is 1. The van der Waals surface area contributed by atoms with Crippen molar-refractivity contribution in [2.45, 2.75) is 18.3 Å². The number of hydrogen-bond donors (Lipinski definition) is 2. The summed E-state index contributed by atoms with van der Waals surface area (Å²) in [5, 5.41) is 6.99. The van der Waals surface area contributed by atoms with E-state index in [0.29, 0.717) is 23.5 Å². The fraction of sp³-hybridized carbons (Fsp3) is 0.389.